The molecule has 0 radical (unpaired) electrons. The van der Waals surface area contributed by atoms with Crippen LogP contribution in [0.1, 0.15) is 25.8 Å². The van der Waals surface area contributed by atoms with Crippen molar-refractivity contribution in [1.82, 2.24) is 10.3 Å². The first-order chi connectivity index (χ1) is 9.95. The van der Waals surface area contributed by atoms with Crippen LogP contribution >= 0.6 is 11.6 Å². The van der Waals surface area contributed by atoms with Gasteiger partial charge >= 0.3 is 0 Å². The lowest BCUT2D eigenvalue weighted by Crippen LogP contribution is -2.33. The third kappa shape index (κ3) is 4.48. The summed E-state index contributed by atoms with van der Waals surface area (Å²) in [5.41, 5.74) is 1.87. The molecule has 0 fully saturated rings. The highest BCUT2D eigenvalue weighted by atomic mass is 35.5. The number of aliphatic hydroxyl groups excluding tert-OH is 1. The van der Waals surface area contributed by atoms with Crippen LogP contribution in [0.3, 0.4) is 0 Å². The summed E-state index contributed by atoms with van der Waals surface area (Å²) < 4.78 is 0. The Morgan fingerprint density at radius 3 is 2.90 bits per heavy atom. The van der Waals surface area contributed by atoms with E-state index in [4.69, 9.17) is 11.6 Å². The highest BCUT2D eigenvalue weighted by molar-refractivity contribution is 6.31. The van der Waals surface area contributed by atoms with Crippen molar-refractivity contribution in [3.63, 3.8) is 0 Å². The van der Waals surface area contributed by atoms with Gasteiger partial charge in [-0.2, -0.15) is 0 Å². The Balaban J connectivity index is 1.94. The lowest BCUT2D eigenvalue weighted by atomic mass is 10.1. The van der Waals surface area contributed by atoms with Crippen molar-refractivity contribution >= 4 is 28.4 Å². The number of carbonyl (C=O) groups excluding carboxylic acids is 1. The summed E-state index contributed by atoms with van der Waals surface area (Å²) in [5.74, 6) is 0.311. The number of aliphatic hydroxyl groups is 1. The monoisotopic (exact) mass is 308 g/mol. The molecule has 0 saturated carbocycles. The van der Waals surface area contributed by atoms with Gasteiger partial charge in [0.25, 0.3) is 0 Å². The molecule has 1 unspecified atom stereocenters. The molecule has 5 heteroatoms. The summed E-state index contributed by atoms with van der Waals surface area (Å²) >= 11 is 5.99. The Morgan fingerprint density at radius 2 is 2.19 bits per heavy atom. The van der Waals surface area contributed by atoms with Crippen LogP contribution in [-0.2, 0) is 11.2 Å². The van der Waals surface area contributed by atoms with E-state index in [-0.39, 0.29) is 12.3 Å². The Morgan fingerprint density at radius 1 is 1.43 bits per heavy atom. The van der Waals surface area contributed by atoms with Crippen LogP contribution in [0, 0.1) is 5.92 Å². The second kappa shape index (κ2) is 6.96. The fourth-order valence-electron chi connectivity index (χ4n) is 2.39. The predicted molar refractivity (Wildman–Crippen MR) is 85.5 cm³/mol. The van der Waals surface area contributed by atoms with Crippen LogP contribution in [0.15, 0.2) is 24.4 Å². The number of carbonyl (C=O) groups is 1. The molecule has 0 spiro atoms. The van der Waals surface area contributed by atoms with Crippen LogP contribution in [-0.4, -0.2) is 28.6 Å². The van der Waals surface area contributed by atoms with Crippen molar-refractivity contribution in [2.45, 2.75) is 32.8 Å². The van der Waals surface area contributed by atoms with E-state index < -0.39 is 6.10 Å². The standard InChI is InChI=1S/C16H21ClN2O2/c1-10(2)5-13(20)9-19-16(21)6-11-8-18-15-4-3-12(17)7-14(11)15/h3-4,7-8,10,13,18,20H,5-6,9H2,1-2H3,(H,19,21). The zero-order chi connectivity index (χ0) is 15.4. The van der Waals surface area contributed by atoms with E-state index in [0.717, 1.165) is 16.5 Å². The number of H-pyrrole nitrogens is 1. The fourth-order valence-corrected chi connectivity index (χ4v) is 2.56. The van der Waals surface area contributed by atoms with Gasteiger partial charge < -0.3 is 15.4 Å². The molecule has 1 amide bonds. The number of hydrogen-bond donors (Lipinski definition) is 3. The highest BCUT2D eigenvalue weighted by Gasteiger charge is 2.12. The Hall–Kier alpha value is -1.52. The van der Waals surface area contributed by atoms with Crippen molar-refractivity contribution < 1.29 is 9.90 Å². The van der Waals surface area contributed by atoms with E-state index in [0.29, 0.717) is 23.9 Å². The van der Waals surface area contributed by atoms with E-state index in [2.05, 4.69) is 10.3 Å². The number of aromatic amines is 1. The lowest BCUT2D eigenvalue weighted by molar-refractivity contribution is -0.120. The average molecular weight is 309 g/mol. The van der Waals surface area contributed by atoms with Crippen LogP contribution in [0.25, 0.3) is 10.9 Å². The first-order valence-electron chi connectivity index (χ1n) is 7.16. The van der Waals surface area contributed by atoms with Gasteiger partial charge in [-0.3, -0.25) is 4.79 Å². The molecule has 0 aliphatic heterocycles. The van der Waals surface area contributed by atoms with Crippen molar-refractivity contribution in [3.05, 3.63) is 35.0 Å². The van der Waals surface area contributed by atoms with Crippen molar-refractivity contribution in [1.29, 1.82) is 0 Å². The largest absolute Gasteiger partial charge is 0.391 e. The number of hydrogen-bond acceptors (Lipinski definition) is 2. The summed E-state index contributed by atoms with van der Waals surface area (Å²) in [4.78, 5) is 15.1. The van der Waals surface area contributed by atoms with E-state index in [1.54, 1.807) is 0 Å². The number of fused-ring (bicyclic) bond motifs is 1. The van der Waals surface area contributed by atoms with Crippen LogP contribution in [0.5, 0.6) is 0 Å². The summed E-state index contributed by atoms with van der Waals surface area (Å²) in [6.07, 6.45) is 2.29. The molecule has 0 aliphatic rings. The zero-order valence-electron chi connectivity index (χ0n) is 12.3. The van der Waals surface area contributed by atoms with Crippen LogP contribution in [0.2, 0.25) is 5.02 Å². The molecule has 3 N–H and O–H groups in total. The summed E-state index contributed by atoms with van der Waals surface area (Å²) in [5, 5.41) is 14.1. The molecule has 0 saturated heterocycles. The first-order valence-corrected chi connectivity index (χ1v) is 7.53. The molecule has 1 heterocycles. The molecule has 0 bridgehead atoms. The molecule has 0 aliphatic carbocycles. The fraction of sp³-hybridized carbons (Fsp3) is 0.438. The normalized spacial score (nSPS) is 12.8. The van der Waals surface area contributed by atoms with E-state index in [1.807, 2.05) is 38.2 Å². The second-order valence-corrected chi connectivity index (χ2v) is 6.20. The number of nitrogens with one attached hydrogen (secondary N) is 2. The Labute approximate surface area is 129 Å². The number of halogens is 1. The first kappa shape index (κ1) is 15.9. The topological polar surface area (TPSA) is 65.1 Å². The van der Waals surface area contributed by atoms with Crippen LogP contribution in [0.4, 0.5) is 0 Å². The minimum Gasteiger partial charge on any atom is -0.391 e. The molecule has 1 aromatic heterocycles. The minimum absolute atomic E-state index is 0.0984. The predicted octanol–water partition coefficient (Wildman–Crippen LogP) is 2.89. The quantitative estimate of drug-likeness (QED) is 0.768. The molecule has 2 rings (SSSR count). The summed E-state index contributed by atoms with van der Waals surface area (Å²) in [6.45, 7) is 4.38. The van der Waals surface area contributed by atoms with Gasteiger partial charge in [-0.05, 0) is 36.1 Å². The van der Waals surface area contributed by atoms with Gasteiger partial charge in [-0.15, -0.1) is 0 Å². The molecule has 1 atom stereocenters. The Kier molecular flexibility index (Phi) is 5.26. The molecule has 21 heavy (non-hydrogen) atoms. The third-order valence-electron chi connectivity index (χ3n) is 3.36. The van der Waals surface area contributed by atoms with E-state index in [9.17, 15) is 9.90 Å². The average Bonchev–Trinajstić information content (AvgIpc) is 2.78. The maximum atomic E-state index is 12.0. The van der Waals surface area contributed by atoms with Gasteiger partial charge in [0.1, 0.15) is 0 Å². The summed E-state index contributed by atoms with van der Waals surface area (Å²) in [7, 11) is 0. The molecular weight excluding hydrogens is 288 g/mol. The van der Waals surface area contributed by atoms with Gasteiger partial charge in [0, 0.05) is 28.7 Å². The number of rotatable bonds is 6. The van der Waals surface area contributed by atoms with Gasteiger partial charge in [-0.1, -0.05) is 25.4 Å². The third-order valence-corrected chi connectivity index (χ3v) is 3.59. The Bertz CT molecular complexity index is 622. The lowest BCUT2D eigenvalue weighted by Gasteiger charge is -2.13. The zero-order valence-corrected chi connectivity index (χ0v) is 13.1. The number of benzene rings is 1. The minimum atomic E-state index is -0.494. The van der Waals surface area contributed by atoms with E-state index >= 15 is 0 Å². The molecule has 4 nitrogen and oxygen atoms in total. The van der Waals surface area contributed by atoms with Crippen molar-refractivity contribution in [2.75, 3.05) is 6.54 Å². The number of amides is 1. The number of aromatic nitrogens is 1. The summed E-state index contributed by atoms with van der Waals surface area (Å²) in [6, 6.07) is 5.56. The van der Waals surface area contributed by atoms with Gasteiger partial charge in [-0.25, -0.2) is 0 Å². The van der Waals surface area contributed by atoms with Gasteiger partial charge in [0.2, 0.25) is 5.91 Å². The SMILES string of the molecule is CC(C)CC(O)CNC(=O)Cc1c[nH]c2ccc(Cl)cc12. The maximum Gasteiger partial charge on any atom is 0.224 e. The molecule has 114 valence electrons. The molecular formula is C16H21ClN2O2. The van der Waals surface area contributed by atoms with Crippen molar-refractivity contribution in [3.8, 4) is 0 Å². The van der Waals surface area contributed by atoms with Crippen LogP contribution < -0.4 is 5.32 Å². The molecule has 2 aromatic rings. The maximum absolute atomic E-state index is 12.0. The van der Waals surface area contributed by atoms with Gasteiger partial charge in [0.15, 0.2) is 0 Å². The van der Waals surface area contributed by atoms with Crippen molar-refractivity contribution in [2.24, 2.45) is 5.92 Å². The molecule has 1 aromatic carbocycles. The van der Waals surface area contributed by atoms with E-state index in [1.165, 1.54) is 0 Å². The highest BCUT2D eigenvalue weighted by Crippen LogP contribution is 2.22. The smallest absolute Gasteiger partial charge is 0.224 e. The van der Waals surface area contributed by atoms with Gasteiger partial charge in [0.05, 0.1) is 12.5 Å². The second-order valence-electron chi connectivity index (χ2n) is 5.77.